The molecule has 1 fully saturated rings. The van der Waals surface area contributed by atoms with E-state index in [4.69, 9.17) is 4.74 Å². The maximum atomic E-state index is 12.5. The number of morpholine rings is 1. The summed E-state index contributed by atoms with van der Waals surface area (Å²) in [7, 11) is 1.81. The number of aliphatic hydroxyl groups is 1. The zero-order valence-electron chi connectivity index (χ0n) is 11.7. The molecule has 1 aromatic rings. The molecule has 6 nitrogen and oxygen atoms in total. The molecule has 1 aromatic heterocycles. The van der Waals surface area contributed by atoms with Gasteiger partial charge in [-0.25, -0.2) is 0 Å². The fourth-order valence-electron chi connectivity index (χ4n) is 2.46. The molecule has 2 unspecified atom stereocenters. The van der Waals surface area contributed by atoms with Crippen LogP contribution in [0.3, 0.4) is 0 Å². The van der Waals surface area contributed by atoms with E-state index in [1.807, 2.05) is 20.9 Å². The van der Waals surface area contributed by atoms with Gasteiger partial charge in [0.05, 0.1) is 30.1 Å². The highest BCUT2D eigenvalue weighted by molar-refractivity contribution is 5.95. The zero-order valence-corrected chi connectivity index (χ0v) is 11.7. The fraction of sp³-hybridized carbons (Fsp3) is 0.692. The molecule has 19 heavy (non-hydrogen) atoms. The molecule has 2 heterocycles. The number of aromatic nitrogens is 2. The number of amides is 1. The third-order valence-corrected chi connectivity index (χ3v) is 3.29. The van der Waals surface area contributed by atoms with Crippen LogP contribution in [0.15, 0.2) is 6.20 Å². The van der Waals surface area contributed by atoms with Crippen molar-refractivity contribution in [3.8, 4) is 0 Å². The van der Waals surface area contributed by atoms with E-state index in [0.717, 1.165) is 12.1 Å². The van der Waals surface area contributed by atoms with Gasteiger partial charge in [0.15, 0.2) is 0 Å². The molecule has 0 aliphatic carbocycles. The van der Waals surface area contributed by atoms with Crippen LogP contribution in [-0.4, -0.2) is 57.6 Å². The maximum Gasteiger partial charge on any atom is 0.257 e. The van der Waals surface area contributed by atoms with Crippen molar-refractivity contribution in [1.82, 2.24) is 14.7 Å². The van der Waals surface area contributed by atoms with Gasteiger partial charge in [-0.3, -0.25) is 9.48 Å². The Morgan fingerprint density at radius 1 is 1.58 bits per heavy atom. The van der Waals surface area contributed by atoms with E-state index in [9.17, 15) is 9.90 Å². The topological polar surface area (TPSA) is 67.6 Å². The molecule has 0 saturated carbocycles. The van der Waals surface area contributed by atoms with E-state index >= 15 is 0 Å². The molecule has 1 amide bonds. The maximum absolute atomic E-state index is 12.5. The van der Waals surface area contributed by atoms with E-state index < -0.39 is 0 Å². The second-order valence-corrected chi connectivity index (χ2v) is 4.98. The summed E-state index contributed by atoms with van der Waals surface area (Å²) in [5.74, 6) is -0.0291. The standard InChI is InChI=1S/C13H21N3O3/c1-4-12-11(7-15(3)14-12)13(18)16-5-9(2)19-10(6-16)8-17/h7,9-10,17H,4-6,8H2,1-3H3. The van der Waals surface area contributed by atoms with Gasteiger partial charge in [-0.2, -0.15) is 5.10 Å². The largest absolute Gasteiger partial charge is 0.394 e. The molecular formula is C13H21N3O3. The zero-order chi connectivity index (χ0) is 14.0. The van der Waals surface area contributed by atoms with Crippen molar-refractivity contribution in [3.05, 3.63) is 17.5 Å². The molecule has 2 atom stereocenters. The Labute approximate surface area is 113 Å². The number of aryl methyl sites for hydroxylation is 2. The smallest absolute Gasteiger partial charge is 0.257 e. The van der Waals surface area contributed by atoms with Crippen LogP contribution >= 0.6 is 0 Å². The number of nitrogens with zero attached hydrogens (tertiary/aromatic N) is 3. The van der Waals surface area contributed by atoms with Crippen LogP contribution in [0.5, 0.6) is 0 Å². The number of hydrogen-bond acceptors (Lipinski definition) is 4. The number of carbonyl (C=O) groups excluding carboxylic acids is 1. The molecule has 6 heteroatoms. The predicted octanol–water partition coefficient (Wildman–Crippen LogP) is 0.204. The van der Waals surface area contributed by atoms with Gasteiger partial charge in [-0.1, -0.05) is 6.92 Å². The van der Waals surface area contributed by atoms with Crippen molar-refractivity contribution < 1.29 is 14.6 Å². The molecular weight excluding hydrogens is 246 g/mol. The summed E-state index contributed by atoms with van der Waals surface area (Å²) in [6, 6.07) is 0. The summed E-state index contributed by atoms with van der Waals surface area (Å²) in [4.78, 5) is 14.3. The highest BCUT2D eigenvalue weighted by Crippen LogP contribution is 2.16. The van der Waals surface area contributed by atoms with E-state index in [1.165, 1.54) is 0 Å². The Balaban J connectivity index is 2.18. The Bertz CT molecular complexity index is 458. The first-order valence-electron chi connectivity index (χ1n) is 6.63. The van der Waals surface area contributed by atoms with Gasteiger partial charge in [-0.05, 0) is 13.3 Å². The van der Waals surface area contributed by atoms with Gasteiger partial charge >= 0.3 is 0 Å². The lowest BCUT2D eigenvalue weighted by Crippen LogP contribution is -2.50. The molecule has 106 valence electrons. The Kier molecular flexibility index (Phi) is 4.21. The van der Waals surface area contributed by atoms with Gasteiger partial charge in [0.1, 0.15) is 0 Å². The minimum absolute atomic E-state index is 0.0291. The number of rotatable bonds is 3. The second kappa shape index (κ2) is 5.71. The van der Waals surface area contributed by atoms with Crippen LogP contribution in [0.1, 0.15) is 29.9 Å². The van der Waals surface area contributed by atoms with Gasteiger partial charge in [-0.15, -0.1) is 0 Å². The first-order chi connectivity index (χ1) is 9.05. The lowest BCUT2D eigenvalue weighted by Gasteiger charge is -2.36. The number of ether oxygens (including phenoxy) is 1. The molecule has 0 bridgehead atoms. The van der Waals surface area contributed by atoms with Crippen LogP contribution in [-0.2, 0) is 18.2 Å². The van der Waals surface area contributed by atoms with Crippen molar-refractivity contribution in [1.29, 1.82) is 0 Å². The van der Waals surface area contributed by atoms with E-state index in [1.54, 1.807) is 15.8 Å². The van der Waals surface area contributed by atoms with Gasteiger partial charge in [0.2, 0.25) is 0 Å². The van der Waals surface area contributed by atoms with Gasteiger partial charge < -0.3 is 14.7 Å². The van der Waals surface area contributed by atoms with E-state index in [0.29, 0.717) is 18.7 Å². The van der Waals surface area contributed by atoms with Crippen molar-refractivity contribution in [2.24, 2.45) is 7.05 Å². The SMILES string of the molecule is CCc1nn(C)cc1C(=O)N1CC(C)OC(CO)C1. The molecule has 0 radical (unpaired) electrons. The third kappa shape index (κ3) is 2.96. The normalized spacial score (nSPS) is 23.7. The van der Waals surface area contributed by atoms with Crippen LogP contribution in [0, 0.1) is 0 Å². The molecule has 1 saturated heterocycles. The van der Waals surface area contributed by atoms with E-state index in [2.05, 4.69) is 5.10 Å². The summed E-state index contributed by atoms with van der Waals surface area (Å²) in [5.41, 5.74) is 1.46. The first-order valence-corrected chi connectivity index (χ1v) is 6.63. The van der Waals surface area contributed by atoms with Crippen LogP contribution in [0.2, 0.25) is 0 Å². The summed E-state index contributed by atoms with van der Waals surface area (Å²) in [5, 5.41) is 13.5. The summed E-state index contributed by atoms with van der Waals surface area (Å²) in [6.07, 6.45) is 2.13. The second-order valence-electron chi connectivity index (χ2n) is 4.98. The number of carbonyl (C=O) groups is 1. The number of aliphatic hydroxyl groups excluding tert-OH is 1. The third-order valence-electron chi connectivity index (χ3n) is 3.29. The molecule has 0 aromatic carbocycles. The van der Waals surface area contributed by atoms with Crippen LogP contribution in [0.4, 0.5) is 0 Å². The molecule has 1 N–H and O–H groups in total. The quantitative estimate of drug-likeness (QED) is 0.850. The summed E-state index contributed by atoms with van der Waals surface area (Å²) in [6.45, 7) is 4.80. The number of hydrogen-bond donors (Lipinski definition) is 1. The molecule has 1 aliphatic heterocycles. The fourth-order valence-corrected chi connectivity index (χ4v) is 2.46. The Morgan fingerprint density at radius 3 is 2.95 bits per heavy atom. The molecule has 0 spiro atoms. The van der Waals surface area contributed by atoms with Gasteiger partial charge in [0.25, 0.3) is 5.91 Å². The van der Waals surface area contributed by atoms with Crippen molar-refractivity contribution in [2.45, 2.75) is 32.5 Å². The predicted molar refractivity (Wildman–Crippen MR) is 69.9 cm³/mol. The summed E-state index contributed by atoms with van der Waals surface area (Å²) >= 11 is 0. The monoisotopic (exact) mass is 267 g/mol. The highest BCUT2D eigenvalue weighted by atomic mass is 16.5. The minimum atomic E-state index is -0.297. The average Bonchev–Trinajstić information content (AvgIpc) is 2.78. The lowest BCUT2D eigenvalue weighted by atomic mass is 10.1. The van der Waals surface area contributed by atoms with Crippen LogP contribution in [0.25, 0.3) is 0 Å². The van der Waals surface area contributed by atoms with Crippen LogP contribution < -0.4 is 0 Å². The molecule has 1 aliphatic rings. The highest BCUT2D eigenvalue weighted by Gasteiger charge is 2.30. The Morgan fingerprint density at radius 2 is 2.32 bits per heavy atom. The lowest BCUT2D eigenvalue weighted by molar-refractivity contribution is -0.0858. The van der Waals surface area contributed by atoms with Gasteiger partial charge in [0, 0.05) is 26.3 Å². The minimum Gasteiger partial charge on any atom is -0.394 e. The van der Waals surface area contributed by atoms with Crippen molar-refractivity contribution in [2.75, 3.05) is 19.7 Å². The Hall–Kier alpha value is -1.40. The van der Waals surface area contributed by atoms with Crippen molar-refractivity contribution in [3.63, 3.8) is 0 Å². The van der Waals surface area contributed by atoms with E-state index in [-0.39, 0.29) is 24.7 Å². The summed E-state index contributed by atoms with van der Waals surface area (Å²) < 4.78 is 7.21. The average molecular weight is 267 g/mol. The van der Waals surface area contributed by atoms with Crippen molar-refractivity contribution >= 4 is 5.91 Å². The molecule has 2 rings (SSSR count). The first kappa shape index (κ1) is 14.0.